The fourth-order valence-corrected chi connectivity index (χ4v) is 3.43. The van der Waals surface area contributed by atoms with Gasteiger partial charge in [-0.25, -0.2) is 9.78 Å². The average Bonchev–Trinajstić information content (AvgIpc) is 3.14. The molecule has 2 aromatic carbocycles. The number of ether oxygens (including phenoxy) is 2. The topological polar surface area (TPSA) is 72.8 Å². The minimum atomic E-state index is -0.427. The lowest BCUT2D eigenvalue weighted by molar-refractivity contribution is 0.0728. The number of hydrogen-bond acceptors (Lipinski definition) is 7. The van der Waals surface area contributed by atoms with E-state index >= 15 is 0 Å². The maximum atomic E-state index is 12.6. The van der Waals surface area contributed by atoms with Crippen molar-refractivity contribution in [1.82, 2.24) is 4.98 Å². The number of carbonyl (C=O) groups excluding carboxylic acids is 1. The SMILES string of the molecule is CCOc1cc(/C=N\Nc2nc(C)cs2)ccc1OC(=O)c1ccc(C(C)(C)C)cc1. The van der Waals surface area contributed by atoms with Crippen molar-refractivity contribution < 1.29 is 14.3 Å². The quantitative estimate of drug-likeness (QED) is 0.218. The molecule has 0 aliphatic rings. The highest BCUT2D eigenvalue weighted by Gasteiger charge is 2.16. The first-order valence-electron chi connectivity index (χ1n) is 10.1. The third-order valence-electron chi connectivity index (χ3n) is 4.45. The molecular formula is C24H27N3O3S. The molecule has 0 saturated carbocycles. The smallest absolute Gasteiger partial charge is 0.343 e. The van der Waals surface area contributed by atoms with Crippen molar-refractivity contribution in [2.75, 3.05) is 12.0 Å². The Morgan fingerprint density at radius 3 is 2.52 bits per heavy atom. The molecule has 31 heavy (non-hydrogen) atoms. The van der Waals surface area contributed by atoms with E-state index in [0.29, 0.717) is 23.7 Å². The first-order valence-corrected chi connectivity index (χ1v) is 10.9. The van der Waals surface area contributed by atoms with Crippen molar-refractivity contribution in [2.45, 2.75) is 40.0 Å². The molecule has 1 N–H and O–H groups in total. The molecule has 0 atom stereocenters. The Hall–Kier alpha value is -3.19. The van der Waals surface area contributed by atoms with Crippen LogP contribution in [0.15, 0.2) is 52.9 Å². The van der Waals surface area contributed by atoms with E-state index in [2.05, 4.69) is 36.3 Å². The third-order valence-corrected chi connectivity index (χ3v) is 5.31. The predicted molar refractivity (Wildman–Crippen MR) is 126 cm³/mol. The van der Waals surface area contributed by atoms with Gasteiger partial charge in [0.05, 0.1) is 24.1 Å². The van der Waals surface area contributed by atoms with Crippen LogP contribution >= 0.6 is 11.3 Å². The van der Waals surface area contributed by atoms with Crippen LogP contribution in [0, 0.1) is 6.92 Å². The Balaban J connectivity index is 1.72. The van der Waals surface area contributed by atoms with Crippen molar-refractivity contribution in [3.05, 3.63) is 70.2 Å². The van der Waals surface area contributed by atoms with E-state index in [9.17, 15) is 4.79 Å². The predicted octanol–water partition coefficient (Wildman–Crippen LogP) is 5.81. The summed E-state index contributed by atoms with van der Waals surface area (Å²) in [6, 6.07) is 12.8. The Morgan fingerprint density at radius 1 is 1.16 bits per heavy atom. The zero-order chi connectivity index (χ0) is 22.4. The number of thiazole rings is 1. The molecule has 0 unspecified atom stereocenters. The number of aromatic nitrogens is 1. The highest BCUT2D eigenvalue weighted by molar-refractivity contribution is 7.13. The lowest BCUT2D eigenvalue weighted by atomic mass is 9.87. The van der Waals surface area contributed by atoms with Gasteiger partial charge in [-0.15, -0.1) is 11.3 Å². The molecule has 3 rings (SSSR count). The monoisotopic (exact) mass is 437 g/mol. The van der Waals surface area contributed by atoms with Crippen molar-refractivity contribution in [3.63, 3.8) is 0 Å². The molecule has 3 aromatic rings. The van der Waals surface area contributed by atoms with E-state index < -0.39 is 5.97 Å². The number of hydrazone groups is 1. The van der Waals surface area contributed by atoms with Gasteiger partial charge in [-0.3, -0.25) is 5.43 Å². The number of hydrogen-bond donors (Lipinski definition) is 1. The molecule has 6 nitrogen and oxygen atoms in total. The van der Waals surface area contributed by atoms with Gasteiger partial charge in [0.1, 0.15) is 0 Å². The molecule has 0 radical (unpaired) electrons. The van der Waals surface area contributed by atoms with E-state index in [1.807, 2.05) is 37.4 Å². The maximum absolute atomic E-state index is 12.6. The molecule has 1 aromatic heterocycles. The number of rotatable bonds is 7. The van der Waals surface area contributed by atoms with Gasteiger partial charge in [-0.05, 0) is 60.7 Å². The molecule has 0 bridgehead atoms. The summed E-state index contributed by atoms with van der Waals surface area (Å²) >= 11 is 1.49. The van der Waals surface area contributed by atoms with E-state index in [4.69, 9.17) is 9.47 Å². The van der Waals surface area contributed by atoms with Crippen LogP contribution in [0.25, 0.3) is 0 Å². The molecule has 0 saturated heterocycles. The standard InChI is InChI=1S/C24H27N3O3S/c1-6-29-21-13-17(14-25-27-23-26-16(2)15-31-23)7-12-20(21)30-22(28)18-8-10-19(11-9-18)24(3,4)5/h7-15H,6H2,1-5H3,(H,26,27)/b25-14-. The summed E-state index contributed by atoms with van der Waals surface area (Å²) in [4.78, 5) is 16.9. The Bertz CT molecular complexity index is 1070. The number of anilines is 1. The van der Waals surface area contributed by atoms with Gasteiger partial charge < -0.3 is 9.47 Å². The minimum absolute atomic E-state index is 0.0230. The molecular weight excluding hydrogens is 410 g/mol. The zero-order valence-electron chi connectivity index (χ0n) is 18.4. The number of benzene rings is 2. The highest BCUT2D eigenvalue weighted by atomic mass is 32.1. The van der Waals surface area contributed by atoms with Crippen LogP contribution in [-0.2, 0) is 5.41 Å². The lowest BCUT2D eigenvalue weighted by Gasteiger charge is -2.19. The van der Waals surface area contributed by atoms with Crippen LogP contribution in [0.1, 0.15) is 54.9 Å². The van der Waals surface area contributed by atoms with Crippen LogP contribution in [0.2, 0.25) is 0 Å². The second kappa shape index (κ2) is 9.75. The second-order valence-corrected chi connectivity index (χ2v) is 8.88. The summed E-state index contributed by atoms with van der Waals surface area (Å²) in [5, 5.41) is 6.88. The van der Waals surface area contributed by atoms with Gasteiger partial charge in [0, 0.05) is 5.38 Å². The molecule has 0 spiro atoms. The molecule has 0 amide bonds. The van der Waals surface area contributed by atoms with Gasteiger partial charge in [-0.1, -0.05) is 32.9 Å². The summed E-state index contributed by atoms with van der Waals surface area (Å²) in [6.45, 7) is 10.7. The number of nitrogens with zero attached hydrogens (tertiary/aromatic N) is 2. The fraction of sp³-hybridized carbons (Fsp3) is 0.292. The summed E-state index contributed by atoms with van der Waals surface area (Å²) in [6.07, 6.45) is 1.66. The summed E-state index contributed by atoms with van der Waals surface area (Å²) < 4.78 is 11.3. The molecule has 162 valence electrons. The van der Waals surface area contributed by atoms with Crippen LogP contribution in [0.5, 0.6) is 11.5 Å². The van der Waals surface area contributed by atoms with Crippen LogP contribution in [-0.4, -0.2) is 23.8 Å². The number of aryl methyl sites for hydroxylation is 1. The number of esters is 1. The maximum Gasteiger partial charge on any atom is 0.343 e. The van der Waals surface area contributed by atoms with Crippen LogP contribution in [0.4, 0.5) is 5.13 Å². The molecule has 1 heterocycles. The molecule has 0 aliphatic heterocycles. The largest absolute Gasteiger partial charge is 0.490 e. The average molecular weight is 438 g/mol. The zero-order valence-corrected chi connectivity index (χ0v) is 19.2. The fourth-order valence-electron chi connectivity index (χ4n) is 2.79. The third kappa shape index (κ3) is 6.15. The van der Waals surface area contributed by atoms with E-state index in [1.54, 1.807) is 30.5 Å². The van der Waals surface area contributed by atoms with Gasteiger partial charge in [0.25, 0.3) is 0 Å². The van der Waals surface area contributed by atoms with Crippen molar-refractivity contribution >= 4 is 28.7 Å². The molecule has 0 aliphatic carbocycles. The van der Waals surface area contributed by atoms with Crippen molar-refractivity contribution in [2.24, 2.45) is 5.10 Å². The highest BCUT2D eigenvalue weighted by Crippen LogP contribution is 2.29. The van der Waals surface area contributed by atoms with E-state index in [0.717, 1.165) is 22.0 Å². The van der Waals surface area contributed by atoms with Crippen molar-refractivity contribution in [3.8, 4) is 11.5 Å². The first-order chi connectivity index (χ1) is 14.8. The van der Waals surface area contributed by atoms with Crippen LogP contribution < -0.4 is 14.9 Å². The second-order valence-electron chi connectivity index (χ2n) is 8.02. The first kappa shape index (κ1) is 22.5. The molecule has 7 heteroatoms. The van der Waals surface area contributed by atoms with Gasteiger partial charge in [0.2, 0.25) is 5.13 Å². The summed E-state index contributed by atoms with van der Waals surface area (Å²) in [5.74, 6) is 0.423. The van der Waals surface area contributed by atoms with Gasteiger partial charge in [-0.2, -0.15) is 5.10 Å². The van der Waals surface area contributed by atoms with E-state index in [-0.39, 0.29) is 5.41 Å². The van der Waals surface area contributed by atoms with Crippen molar-refractivity contribution in [1.29, 1.82) is 0 Å². The number of carbonyl (C=O) groups is 1. The summed E-state index contributed by atoms with van der Waals surface area (Å²) in [7, 11) is 0. The lowest BCUT2D eigenvalue weighted by Crippen LogP contribution is -2.13. The van der Waals surface area contributed by atoms with Gasteiger partial charge >= 0.3 is 5.97 Å². The normalized spacial score (nSPS) is 11.5. The number of nitrogens with one attached hydrogen (secondary N) is 1. The summed E-state index contributed by atoms with van der Waals surface area (Å²) in [5.41, 5.74) is 6.32. The Kier molecular flexibility index (Phi) is 7.07. The van der Waals surface area contributed by atoms with Crippen LogP contribution in [0.3, 0.4) is 0 Å². The Labute approximate surface area is 186 Å². The van der Waals surface area contributed by atoms with Gasteiger partial charge in [0.15, 0.2) is 11.5 Å². The minimum Gasteiger partial charge on any atom is -0.490 e. The van der Waals surface area contributed by atoms with E-state index in [1.165, 1.54) is 11.3 Å². The Morgan fingerprint density at radius 2 is 1.90 bits per heavy atom. The molecule has 0 fully saturated rings.